The minimum atomic E-state index is 0.331. The van der Waals surface area contributed by atoms with Crippen molar-refractivity contribution in [3.8, 4) is 0 Å². The van der Waals surface area contributed by atoms with Crippen molar-refractivity contribution in [3.63, 3.8) is 0 Å². The highest BCUT2D eigenvalue weighted by Gasteiger charge is 2.19. The highest BCUT2D eigenvalue weighted by atomic mass is 32.2. The molecule has 0 aromatic heterocycles. The molecule has 4 aromatic rings. The Morgan fingerprint density at radius 1 is 0.254 bits per heavy atom. The summed E-state index contributed by atoms with van der Waals surface area (Å²) < 4.78 is 0. The Morgan fingerprint density at radius 3 is 0.619 bits per heavy atom. The summed E-state index contributed by atoms with van der Waals surface area (Å²) in [5.41, 5.74) is 0. The van der Waals surface area contributed by atoms with E-state index in [1.807, 2.05) is 0 Å². The van der Waals surface area contributed by atoms with Gasteiger partial charge in [-0.25, -0.2) is 0 Å². The van der Waals surface area contributed by atoms with E-state index >= 15 is 0 Å². The molecule has 1 N–H and O–H groups in total. The largest absolute Gasteiger partial charge is 0.396 e. The van der Waals surface area contributed by atoms with Crippen LogP contribution in [0.4, 0.5) is 0 Å². The molecule has 0 saturated heterocycles. The number of rotatable bonds is 39. The van der Waals surface area contributed by atoms with Gasteiger partial charge in [-0.3, -0.25) is 0 Å². The molecule has 0 heterocycles. The van der Waals surface area contributed by atoms with Gasteiger partial charge in [0.1, 0.15) is 0 Å². The van der Waals surface area contributed by atoms with E-state index in [9.17, 15) is 5.11 Å². The van der Waals surface area contributed by atoms with E-state index in [1.54, 1.807) is 0 Å². The van der Waals surface area contributed by atoms with E-state index in [2.05, 4.69) is 142 Å². The number of thioether (sulfide) groups is 6. The van der Waals surface area contributed by atoms with E-state index in [-0.39, 0.29) is 0 Å². The summed E-state index contributed by atoms with van der Waals surface area (Å²) in [6.07, 6.45) is 33.5. The Bertz CT molecular complexity index is 1770. The van der Waals surface area contributed by atoms with Gasteiger partial charge >= 0.3 is 0 Å². The second-order valence-electron chi connectivity index (χ2n) is 17.8. The van der Waals surface area contributed by atoms with Gasteiger partial charge in [0, 0.05) is 36.0 Å². The number of benzene rings is 4. The van der Waals surface area contributed by atoms with E-state index in [4.69, 9.17) is 0 Å². The molecule has 0 atom stereocenters. The van der Waals surface area contributed by atoms with Crippen molar-refractivity contribution in [2.24, 2.45) is 0 Å². The zero-order valence-electron chi connectivity index (χ0n) is 40.7. The van der Waals surface area contributed by atoms with Gasteiger partial charge in [0.2, 0.25) is 0 Å². The van der Waals surface area contributed by atoms with Crippen LogP contribution in [0.1, 0.15) is 202 Å². The van der Waals surface area contributed by atoms with Crippen LogP contribution in [-0.4, -0.2) is 46.2 Å². The summed E-state index contributed by atoms with van der Waals surface area (Å²) in [5.74, 6) is 7.21. The van der Waals surface area contributed by atoms with Crippen LogP contribution in [0.25, 0.3) is 32.3 Å². The number of hydrogen-bond acceptors (Lipinski definition) is 7. The van der Waals surface area contributed by atoms with Gasteiger partial charge in [-0.15, -0.1) is 70.6 Å². The molecular weight excluding hydrogens is 881 g/mol. The normalized spacial score (nSPS) is 11.9. The number of aliphatic hydroxyl groups excluding tert-OH is 1. The summed E-state index contributed by atoms with van der Waals surface area (Å²) in [6, 6.07) is 15.9. The summed E-state index contributed by atoms with van der Waals surface area (Å²) in [5, 5.41) is 18.0. The predicted octanol–water partition coefficient (Wildman–Crippen LogP) is 20.9. The number of aliphatic hydroxyl groups is 1. The lowest BCUT2D eigenvalue weighted by Crippen LogP contribution is -1.94. The Labute approximate surface area is 413 Å². The standard InChI is InChI=1S/C56H88OS6/c1-6-11-16-26-33-58-51-39-45-46-40-52(59-34-27-17-12-7-2)54(61-36-29-19-14-9-4)42-48(46)50-44-56(63-38-31-24-22-21-23-25-32-57)55(62-37-30-20-15-10-5)43-49(50)47(45)41-53(51)60-35-28-18-13-8-3/h39-44,57H,6-38H2,1-5H3. The van der Waals surface area contributed by atoms with Crippen molar-refractivity contribution in [2.75, 3.05) is 41.1 Å². The number of unbranched alkanes of at least 4 members (excludes halogenated alkanes) is 20. The van der Waals surface area contributed by atoms with Gasteiger partial charge in [-0.05, 0) is 148 Å². The Kier molecular flexibility index (Phi) is 30.7. The summed E-state index contributed by atoms with van der Waals surface area (Å²) in [7, 11) is 0. The molecule has 0 fully saturated rings. The first-order chi connectivity index (χ1) is 31.1. The van der Waals surface area contributed by atoms with Crippen LogP contribution in [0.2, 0.25) is 0 Å². The minimum absolute atomic E-state index is 0.331. The van der Waals surface area contributed by atoms with Gasteiger partial charge in [0.15, 0.2) is 0 Å². The second kappa shape index (κ2) is 34.9. The van der Waals surface area contributed by atoms with Crippen molar-refractivity contribution in [2.45, 2.75) is 231 Å². The van der Waals surface area contributed by atoms with Crippen molar-refractivity contribution in [1.82, 2.24) is 0 Å². The van der Waals surface area contributed by atoms with E-state index in [1.165, 1.54) is 250 Å². The van der Waals surface area contributed by atoms with Gasteiger partial charge in [-0.2, -0.15) is 0 Å². The smallest absolute Gasteiger partial charge is 0.0431 e. The molecule has 1 nitrogen and oxygen atoms in total. The third-order valence-electron chi connectivity index (χ3n) is 12.2. The molecule has 4 rings (SSSR count). The second-order valence-corrected chi connectivity index (χ2v) is 24.6. The van der Waals surface area contributed by atoms with E-state index < -0.39 is 0 Å². The molecule has 0 amide bonds. The Morgan fingerprint density at radius 2 is 0.429 bits per heavy atom. The van der Waals surface area contributed by atoms with Crippen LogP contribution >= 0.6 is 70.6 Å². The van der Waals surface area contributed by atoms with Crippen molar-refractivity contribution in [3.05, 3.63) is 36.4 Å². The molecule has 0 aliphatic rings. The monoisotopic (exact) mass is 969 g/mol. The fourth-order valence-corrected chi connectivity index (χ4v) is 15.2. The molecule has 7 heteroatoms. The molecule has 354 valence electrons. The predicted molar refractivity (Wildman–Crippen MR) is 299 cm³/mol. The zero-order chi connectivity index (χ0) is 44.7. The molecule has 4 aromatic carbocycles. The van der Waals surface area contributed by atoms with Gasteiger partial charge in [0.25, 0.3) is 0 Å². The first kappa shape index (κ1) is 55.3. The van der Waals surface area contributed by atoms with Gasteiger partial charge < -0.3 is 5.11 Å². The molecule has 0 radical (unpaired) electrons. The maximum atomic E-state index is 9.25. The van der Waals surface area contributed by atoms with Gasteiger partial charge in [0.05, 0.1) is 0 Å². The molecule has 0 aliphatic carbocycles. The van der Waals surface area contributed by atoms with E-state index in [0.29, 0.717) is 6.61 Å². The summed E-state index contributed by atoms with van der Waals surface area (Å²) in [4.78, 5) is 9.04. The Hall–Kier alpha value is -0.280. The Balaban J connectivity index is 1.91. The van der Waals surface area contributed by atoms with Crippen LogP contribution in [-0.2, 0) is 0 Å². The quantitative estimate of drug-likeness (QED) is 0.0270. The molecule has 0 bridgehead atoms. The zero-order valence-corrected chi connectivity index (χ0v) is 45.6. The first-order valence-electron chi connectivity index (χ1n) is 26.0. The highest BCUT2D eigenvalue weighted by Crippen LogP contribution is 2.47. The molecule has 63 heavy (non-hydrogen) atoms. The van der Waals surface area contributed by atoms with Crippen molar-refractivity contribution in [1.29, 1.82) is 0 Å². The average Bonchev–Trinajstić information content (AvgIpc) is 3.29. The number of fused-ring (bicyclic) bond motifs is 6. The molecule has 0 saturated carbocycles. The van der Waals surface area contributed by atoms with Crippen LogP contribution in [0, 0.1) is 0 Å². The first-order valence-corrected chi connectivity index (χ1v) is 31.9. The fraction of sp³-hybridized carbons (Fsp3) is 0.679. The van der Waals surface area contributed by atoms with Crippen LogP contribution in [0.3, 0.4) is 0 Å². The fourth-order valence-electron chi connectivity index (χ4n) is 8.35. The minimum Gasteiger partial charge on any atom is -0.396 e. The highest BCUT2D eigenvalue weighted by molar-refractivity contribution is 8.03. The lowest BCUT2D eigenvalue weighted by atomic mass is 9.94. The SMILES string of the molecule is CCCCCCSc1cc2c3cc(SCCCCCC)c(SCCCCCC)cc3c3cc(SCCCCCCCCO)c(SCCCCCC)cc3c2cc1SCCCCCC. The third kappa shape index (κ3) is 20.1. The van der Waals surface area contributed by atoms with Gasteiger partial charge in [-0.1, -0.05) is 157 Å². The maximum Gasteiger partial charge on any atom is 0.0431 e. The average molecular weight is 970 g/mol. The van der Waals surface area contributed by atoms with Crippen LogP contribution < -0.4 is 0 Å². The van der Waals surface area contributed by atoms with Crippen LogP contribution in [0.5, 0.6) is 0 Å². The molecular formula is C56H88OS6. The van der Waals surface area contributed by atoms with E-state index in [0.717, 1.165) is 12.8 Å². The van der Waals surface area contributed by atoms with Crippen molar-refractivity contribution < 1.29 is 5.11 Å². The topological polar surface area (TPSA) is 20.2 Å². The molecule has 0 aliphatic heterocycles. The number of hydrogen-bond donors (Lipinski definition) is 1. The lowest BCUT2D eigenvalue weighted by molar-refractivity contribution is 0.282. The third-order valence-corrected chi connectivity index (χ3v) is 19.4. The molecule has 0 unspecified atom stereocenters. The summed E-state index contributed by atoms with van der Waals surface area (Å²) >= 11 is 12.8. The van der Waals surface area contributed by atoms with Crippen LogP contribution in [0.15, 0.2) is 65.8 Å². The lowest BCUT2D eigenvalue weighted by Gasteiger charge is -2.20. The van der Waals surface area contributed by atoms with Crippen molar-refractivity contribution >= 4 is 103 Å². The molecule has 0 spiro atoms. The maximum absolute atomic E-state index is 9.25. The summed E-state index contributed by atoms with van der Waals surface area (Å²) in [6.45, 7) is 12.0.